The van der Waals surface area contributed by atoms with Crippen molar-refractivity contribution in [1.29, 1.82) is 0 Å². The number of carbonyl (C=O) groups is 2. The first-order chi connectivity index (χ1) is 14.0. The third kappa shape index (κ3) is 3.18. The Morgan fingerprint density at radius 3 is 2.31 bits per heavy atom. The lowest BCUT2D eigenvalue weighted by Crippen LogP contribution is -2.39. The number of fused-ring (bicyclic) bond motifs is 1. The van der Waals surface area contributed by atoms with Gasteiger partial charge in [0.1, 0.15) is 11.4 Å². The number of nitrogens with two attached hydrogens (primary N) is 1. The Bertz CT molecular complexity index is 1070. The fraction of sp³-hybridized carbons (Fsp3) is 0.190. The van der Waals surface area contributed by atoms with E-state index in [0.717, 1.165) is 5.69 Å². The molecular weight excluding hydrogens is 372 g/mol. The molecular formula is C21H20N4O4. The van der Waals surface area contributed by atoms with Gasteiger partial charge >= 0.3 is 5.97 Å². The van der Waals surface area contributed by atoms with E-state index in [-0.39, 0.29) is 11.6 Å². The smallest absolute Gasteiger partial charge is 0.358 e. The highest BCUT2D eigenvalue weighted by atomic mass is 16.5. The molecule has 2 aromatic carbocycles. The molecule has 1 aliphatic heterocycles. The maximum absolute atomic E-state index is 13.4. The van der Waals surface area contributed by atoms with E-state index in [2.05, 4.69) is 5.10 Å². The van der Waals surface area contributed by atoms with Crippen LogP contribution in [0.15, 0.2) is 48.5 Å². The topological polar surface area (TPSA) is 99.7 Å². The molecule has 148 valence electrons. The Kier molecular flexibility index (Phi) is 4.67. The molecule has 0 unspecified atom stereocenters. The second kappa shape index (κ2) is 7.31. The van der Waals surface area contributed by atoms with Crippen molar-refractivity contribution in [2.45, 2.75) is 6.42 Å². The van der Waals surface area contributed by atoms with Gasteiger partial charge in [-0.2, -0.15) is 5.10 Å². The lowest BCUT2D eigenvalue weighted by atomic mass is 10.0. The van der Waals surface area contributed by atoms with Crippen molar-refractivity contribution in [3.8, 4) is 11.4 Å². The monoisotopic (exact) mass is 392 g/mol. The maximum atomic E-state index is 13.4. The van der Waals surface area contributed by atoms with E-state index in [9.17, 15) is 9.59 Å². The predicted octanol–water partition coefficient (Wildman–Crippen LogP) is 2.45. The van der Waals surface area contributed by atoms with Gasteiger partial charge in [0.15, 0.2) is 5.69 Å². The molecule has 4 rings (SSSR count). The first kappa shape index (κ1) is 18.5. The van der Waals surface area contributed by atoms with Gasteiger partial charge < -0.3 is 20.1 Å². The van der Waals surface area contributed by atoms with E-state index in [1.807, 2.05) is 0 Å². The summed E-state index contributed by atoms with van der Waals surface area (Å²) in [4.78, 5) is 27.3. The van der Waals surface area contributed by atoms with Gasteiger partial charge in [-0.25, -0.2) is 9.48 Å². The quantitative estimate of drug-likeness (QED) is 0.541. The molecule has 29 heavy (non-hydrogen) atoms. The van der Waals surface area contributed by atoms with Crippen molar-refractivity contribution >= 4 is 23.3 Å². The highest BCUT2D eigenvalue weighted by Gasteiger charge is 2.35. The van der Waals surface area contributed by atoms with Crippen LogP contribution in [0.25, 0.3) is 5.69 Å². The molecule has 8 heteroatoms. The fourth-order valence-electron chi connectivity index (χ4n) is 3.43. The number of rotatable bonds is 4. The zero-order valence-corrected chi connectivity index (χ0v) is 16.1. The van der Waals surface area contributed by atoms with Crippen LogP contribution in [0.2, 0.25) is 0 Å². The standard InChI is InChI=1S/C21H20N4O4/c1-28-16-9-7-15(8-10-16)25-19-17(18(23-25)21(27)29-2)11-12-24(20(19)26)14-5-3-13(22)4-6-14/h3-10H,11-12,22H2,1-2H3. The van der Waals surface area contributed by atoms with E-state index < -0.39 is 5.97 Å². The minimum atomic E-state index is -0.567. The summed E-state index contributed by atoms with van der Waals surface area (Å²) in [5.74, 6) is -0.130. The van der Waals surface area contributed by atoms with Crippen LogP contribution in [-0.4, -0.2) is 42.4 Å². The highest BCUT2D eigenvalue weighted by Crippen LogP contribution is 2.30. The Hall–Kier alpha value is -3.81. The van der Waals surface area contributed by atoms with Crippen LogP contribution in [0.3, 0.4) is 0 Å². The average Bonchev–Trinajstić information content (AvgIpc) is 3.15. The zero-order valence-electron chi connectivity index (χ0n) is 16.1. The predicted molar refractivity (Wildman–Crippen MR) is 108 cm³/mol. The van der Waals surface area contributed by atoms with E-state index in [1.165, 1.54) is 11.8 Å². The molecule has 0 spiro atoms. The lowest BCUT2D eigenvalue weighted by molar-refractivity contribution is 0.0592. The van der Waals surface area contributed by atoms with Crippen molar-refractivity contribution in [1.82, 2.24) is 9.78 Å². The molecule has 0 bridgehead atoms. The molecule has 1 aromatic heterocycles. The number of aromatic nitrogens is 2. The number of ether oxygens (including phenoxy) is 2. The fourth-order valence-corrected chi connectivity index (χ4v) is 3.43. The number of hydrogen-bond donors (Lipinski definition) is 1. The van der Waals surface area contributed by atoms with Crippen LogP contribution in [0.4, 0.5) is 11.4 Å². The number of hydrogen-bond acceptors (Lipinski definition) is 6. The number of nitrogens with zero attached hydrogens (tertiary/aromatic N) is 3. The second-order valence-electron chi connectivity index (χ2n) is 6.58. The van der Waals surface area contributed by atoms with Crippen LogP contribution >= 0.6 is 0 Å². The summed E-state index contributed by atoms with van der Waals surface area (Å²) in [6.45, 7) is 0.425. The summed E-state index contributed by atoms with van der Waals surface area (Å²) < 4.78 is 11.6. The molecule has 0 saturated carbocycles. The van der Waals surface area contributed by atoms with Crippen molar-refractivity contribution in [2.24, 2.45) is 0 Å². The van der Waals surface area contributed by atoms with Gasteiger partial charge in [0.25, 0.3) is 5.91 Å². The third-order valence-corrected chi connectivity index (χ3v) is 4.92. The van der Waals surface area contributed by atoms with Crippen LogP contribution in [0.1, 0.15) is 26.5 Å². The Morgan fingerprint density at radius 1 is 1.03 bits per heavy atom. The summed E-state index contributed by atoms with van der Waals surface area (Å²) in [5, 5.41) is 4.41. The van der Waals surface area contributed by atoms with Crippen LogP contribution in [0, 0.1) is 0 Å². The first-order valence-corrected chi connectivity index (χ1v) is 9.05. The van der Waals surface area contributed by atoms with Crippen LogP contribution < -0.4 is 15.4 Å². The number of benzene rings is 2. The van der Waals surface area contributed by atoms with E-state index in [1.54, 1.807) is 60.5 Å². The summed E-state index contributed by atoms with van der Waals surface area (Å²) in [6.07, 6.45) is 0.478. The Balaban J connectivity index is 1.83. The van der Waals surface area contributed by atoms with Crippen molar-refractivity contribution in [3.05, 3.63) is 65.5 Å². The maximum Gasteiger partial charge on any atom is 0.358 e. The SMILES string of the molecule is COC(=O)c1nn(-c2ccc(OC)cc2)c2c1CCN(c1ccc(N)cc1)C2=O. The molecule has 1 amide bonds. The van der Waals surface area contributed by atoms with Crippen LogP contribution in [-0.2, 0) is 11.2 Å². The van der Waals surface area contributed by atoms with Gasteiger partial charge in [0, 0.05) is 23.5 Å². The Morgan fingerprint density at radius 2 is 1.69 bits per heavy atom. The lowest BCUT2D eigenvalue weighted by Gasteiger charge is -2.27. The average molecular weight is 392 g/mol. The molecule has 0 radical (unpaired) electrons. The van der Waals surface area contributed by atoms with E-state index in [4.69, 9.17) is 15.2 Å². The highest BCUT2D eigenvalue weighted by molar-refractivity contribution is 6.09. The largest absolute Gasteiger partial charge is 0.497 e. The summed E-state index contributed by atoms with van der Waals surface area (Å²) in [7, 11) is 2.88. The summed E-state index contributed by atoms with van der Waals surface area (Å²) in [5.41, 5.74) is 8.85. The van der Waals surface area contributed by atoms with Gasteiger partial charge in [-0.1, -0.05) is 0 Å². The van der Waals surface area contributed by atoms with Gasteiger partial charge in [-0.15, -0.1) is 0 Å². The molecule has 0 atom stereocenters. The van der Waals surface area contributed by atoms with Gasteiger partial charge in [0.2, 0.25) is 0 Å². The molecule has 0 aliphatic carbocycles. The molecule has 8 nitrogen and oxygen atoms in total. The van der Waals surface area contributed by atoms with Crippen molar-refractivity contribution in [2.75, 3.05) is 31.4 Å². The third-order valence-electron chi connectivity index (χ3n) is 4.92. The van der Waals surface area contributed by atoms with Gasteiger partial charge in [-0.05, 0) is 55.0 Å². The normalized spacial score (nSPS) is 13.2. The first-order valence-electron chi connectivity index (χ1n) is 9.05. The molecule has 2 N–H and O–H groups in total. The number of amides is 1. The van der Waals surface area contributed by atoms with Gasteiger partial charge in [-0.3, -0.25) is 4.79 Å². The second-order valence-corrected chi connectivity index (χ2v) is 6.58. The minimum Gasteiger partial charge on any atom is -0.497 e. The van der Waals surface area contributed by atoms with E-state index in [0.29, 0.717) is 41.3 Å². The summed E-state index contributed by atoms with van der Waals surface area (Å²) in [6, 6.07) is 14.2. The number of carbonyl (C=O) groups excluding carboxylic acids is 2. The van der Waals surface area contributed by atoms with E-state index >= 15 is 0 Å². The van der Waals surface area contributed by atoms with Crippen molar-refractivity contribution < 1.29 is 19.1 Å². The number of anilines is 2. The molecule has 3 aromatic rings. The van der Waals surface area contributed by atoms with Gasteiger partial charge in [0.05, 0.1) is 19.9 Å². The Labute approximate surface area is 167 Å². The number of nitrogen functional groups attached to an aromatic ring is 1. The molecule has 0 saturated heterocycles. The molecule has 2 heterocycles. The minimum absolute atomic E-state index is 0.156. The molecule has 1 aliphatic rings. The summed E-state index contributed by atoms with van der Waals surface area (Å²) >= 11 is 0. The van der Waals surface area contributed by atoms with Crippen LogP contribution in [0.5, 0.6) is 5.75 Å². The number of esters is 1. The molecule has 0 fully saturated rings. The number of methoxy groups -OCH3 is 2. The zero-order chi connectivity index (χ0) is 20.5. The van der Waals surface area contributed by atoms with Crippen molar-refractivity contribution in [3.63, 3.8) is 0 Å².